The number of rotatable bonds is 8. The lowest BCUT2D eigenvalue weighted by Crippen LogP contribution is -2.22. The molecule has 0 aliphatic heterocycles. The number of pyridine rings is 2. The Kier molecular flexibility index (Phi) is 10.2. The predicted molar refractivity (Wildman–Crippen MR) is 123 cm³/mol. The molecule has 0 fully saturated rings. The van der Waals surface area contributed by atoms with Crippen LogP contribution in [0.15, 0.2) is 67.1 Å². The molecule has 1 aromatic carbocycles. The van der Waals surface area contributed by atoms with Gasteiger partial charge in [0.2, 0.25) is 5.88 Å². The van der Waals surface area contributed by atoms with Gasteiger partial charge in [0.15, 0.2) is 0 Å². The van der Waals surface area contributed by atoms with Crippen molar-refractivity contribution in [2.75, 3.05) is 0 Å². The van der Waals surface area contributed by atoms with E-state index in [1.807, 2.05) is 12.1 Å². The lowest BCUT2D eigenvalue weighted by atomic mass is 9.98. The van der Waals surface area contributed by atoms with Gasteiger partial charge < -0.3 is 10.1 Å². The zero-order valence-electron chi connectivity index (χ0n) is 16.3. The Morgan fingerprint density at radius 2 is 1.80 bits per heavy atom. The average Bonchev–Trinajstić information content (AvgIpc) is 2.77. The minimum Gasteiger partial charge on any atom is -0.473 e. The van der Waals surface area contributed by atoms with E-state index in [4.69, 9.17) is 4.74 Å². The zero-order chi connectivity index (χ0) is 19.8. The SMILES string of the molecule is C.C.CCC(C)c1ccc(COc2ccc(C(=O)NCc3cccnc3)cn2)cc1. The predicted octanol–water partition coefficient (Wildman–Crippen LogP) is 5.77. The second-order valence-corrected chi connectivity index (χ2v) is 6.77. The fourth-order valence-electron chi connectivity index (χ4n) is 2.72. The van der Waals surface area contributed by atoms with Crippen LogP contribution < -0.4 is 10.1 Å². The fraction of sp³-hybridized carbons (Fsp3) is 0.320. The number of aromatic nitrogens is 2. The monoisotopic (exact) mass is 407 g/mol. The van der Waals surface area contributed by atoms with Crippen molar-refractivity contribution in [2.45, 2.75) is 54.2 Å². The molecule has 0 saturated carbocycles. The molecule has 0 aliphatic carbocycles. The zero-order valence-corrected chi connectivity index (χ0v) is 16.3. The summed E-state index contributed by atoms with van der Waals surface area (Å²) < 4.78 is 5.73. The molecule has 0 spiro atoms. The number of nitrogens with zero attached hydrogens (tertiary/aromatic N) is 2. The van der Waals surface area contributed by atoms with E-state index in [9.17, 15) is 4.79 Å². The number of ether oxygens (including phenoxy) is 1. The molecule has 0 saturated heterocycles. The maximum Gasteiger partial charge on any atom is 0.253 e. The number of benzene rings is 1. The number of hydrogen-bond donors (Lipinski definition) is 1. The molecule has 1 atom stereocenters. The molecule has 2 aromatic heterocycles. The van der Waals surface area contributed by atoms with Crippen LogP contribution in [0.3, 0.4) is 0 Å². The second kappa shape index (κ2) is 12.4. The number of amides is 1. The highest BCUT2D eigenvalue weighted by atomic mass is 16.5. The third-order valence-electron chi connectivity index (χ3n) is 4.72. The number of hydrogen-bond acceptors (Lipinski definition) is 4. The van der Waals surface area contributed by atoms with E-state index in [2.05, 4.69) is 53.4 Å². The van der Waals surface area contributed by atoms with E-state index in [1.165, 1.54) is 11.8 Å². The molecule has 3 aromatic rings. The van der Waals surface area contributed by atoms with Gasteiger partial charge in [0.1, 0.15) is 6.61 Å². The summed E-state index contributed by atoms with van der Waals surface area (Å²) in [6.45, 7) is 5.29. The molecule has 3 rings (SSSR count). The first-order chi connectivity index (χ1) is 13.7. The highest BCUT2D eigenvalue weighted by Gasteiger charge is 2.07. The van der Waals surface area contributed by atoms with Gasteiger partial charge >= 0.3 is 0 Å². The molecule has 1 N–H and O–H groups in total. The Hall–Kier alpha value is -3.21. The highest BCUT2D eigenvalue weighted by molar-refractivity contribution is 5.93. The first kappa shape index (κ1) is 24.8. The van der Waals surface area contributed by atoms with Crippen molar-refractivity contribution in [1.29, 1.82) is 0 Å². The largest absolute Gasteiger partial charge is 0.473 e. The van der Waals surface area contributed by atoms with Crippen LogP contribution in [0.25, 0.3) is 0 Å². The second-order valence-electron chi connectivity index (χ2n) is 6.77. The molecule has 30 heavy (non-hydrogen) atoms. The Morgan fingerprint density at radius 1 is 1.03 bits per heavy atom. The summed E-state index contributed by atoms with van der Waals surface area (Å²) in [7, 11) is 0. The van der Waals surface area contributed by atoms with Gasteiger partial charge in [-0.3, -0.25) is 9.78 Å². The van der Waals surface area contributed by atoms with Crippen molar-refractivity contribution in [1.82, 2.24) is 15.3 Å². The summed E-state index contributed by atoms with van der Waals surface area (Å²) in [4.78, 5) is 20.5. The van der Waals surface area contributed by atoms with Crippen LogP contribution in [0.1, 0.15) is 68.1 Å². The molecule has 0 bridgehead atoms. The first-order valence-corrected chi connectivity index (χ1v) is 9.50. The fourth-order valence-corrected chi connectivity index (χ4v) is 2.72. The van der Waals surface area contributed by atoms with E-state index in [1.54, 1.807) is 24.5 Å². The van der Waals surface area contributed by atoms with Gasteiger partial charge in [0.05, 0.1) is 5.56 Å². The molecular formula is C25H33N3O2. The molecule has 0 aliphatic rings. The van der Waals surface area contributed by atoms with Gasteiger partial charge in [0.25, 0.3) is 5.91 Å². The van der Waals surface area contributed by atoms with Crippen molar-refractivity contribution >= 4 is 5.91 Å². The number of nitrogens with one attached hydrogen (secondary N) is 1. The van der Waals surface area contributed by atoms with Crippen LogP contribution in [0, 0.1) is 0 Å². The molecule has 160 valence electrons. The molecular weight excluding hydrogens is 374 g/mol. The van der Waals surface area contributed by atoms with Crippen LogP contribution in [0.2, 0.25) is 0 Å². The molecule has 5 nitrogen and oxygen atoms in total. The van der Waals surface area contributed by atoms with Gasteiger partial charge in [-0.25, -0.2) is 4.98 Å². The summed E-state index contributed by atoms with van der Waals surface area (Å²) in [6.07, 6.45) is 6.08. The van der Waals surface area contributed by atoms with E-state index >= 15 is 0 Å². The summed E-state index contributed by atoms with van der Waals surface area (Å²) in [5.41, 5.74) is 3.87. The Balaban J connectivity index is 0.00000225. The molecule has 5 heteroatoms. The Morgan fingerprint density at radius 3 is 2.40 bits per heavy atom. The molecule has 0 radical (unpaired) electrons. The van der Waals surface area contributed by atoms with Crippen molar-refractivity contribution in [3.05, 3.63) is 89.4 Å². The van der Waals surface area contributed by atoms with Gasteiger partial charge in [-0.2, -0.15) is 0 Å². The van der Waals surface area contributed by atoms with E-state index in [0.717, 1.165) is 17.5 Å². The van der Waals surface area contributed by atoms with Gasteiger partial charge in [0, 0.05) is 31.2 Å². The molecule has 1 amide bonds. The summed E-state index contributed by atoms with van der Waals surface area (Å²) in [5, 5.41) is 2.85. The van der Waals surface area contributed by atoms with Crippen LogP contribution in [0.4, 0.5) is 0 Å². The van der Waals surface area contributed by atoms with Crippen molar-refractivity contribution in [3.8, 4) is 5.88 Å². The van der Waals surface area contributed by atoms with E-state index < -0.39 is 0 Å². The van der Waals surface area contributed by atoms with Gasteiger partial charge in [-0.05, 0) is 41.2 Å². The normalized spacial score (nSPS) is 10.9. The standard InChI is InChI=1S/C23H25N3O2.2CH4/c1-3-17(2)20-8-6-18(7-9-20)16-28-22-11-10-21(15-25-22)23(27)26-14-19-5-4-12-24-13-19;;/h4-13,15,17H,3,14,16H2,1-2H3,(H,26,27);2*1H4. The van der Waals surface area contributed by atoms with Crippen LogP contribution >= 0.6 is 0 Å². The van der Waals surface area contributed by atoms with Gasteiger partial charge in [-0.1, -0.05) is 59.0 Å². The van der Waals surface area contributed by atoms with Crippen LogP contribution in [-0.2, 0) is 13.2 Å². The van der Waals surface area contributed by atoms with E-state index in [-0.39, 0.29) is 20.8 Å². The number of carbonyl (C=O) groups is 1. The van der Waals surface area contributed by atoms with E-state index in [0.29, 0.717) is 30.5 Å². The third-order valence-corrected chi connectivity index (χ3v) is 4.72. The van der Waals surface area contributed by atoms with Crippen LogP contribution in [-0.4, -0.2) is 15.9 Å². The highest BCUT2D eigenvalue weighted by Crippen LogP contribution is 2.19. The summed E-state index contributed by atoms with van der Waals surface area (Å²) in [6, 6.07) is 15.7. The lowest BCUT2D eigenvalue weighted by molar-refractivity contribution is 0.0950. The maximum absolute atomic E-state index is 12.2. The quantitative estimate of drug-likeness (QED) is 0.515. The molecule has 1 unspecified atom stereocenters. The lowest BCUT2D eigenvalue weighted by Gasteiger charge is -2.10. The van der Waals surface area contributed by atoms with Crippen molar-refractivity contribution in [3.63, 3.8) is 0 Å². The van der Waals surface area contributed by atoms with Gasteiger partial charge in [-0.15, -0.1) is 0 Å². The number of carbonyl (C=O) groups excluding carboxylic acids is 1. The maximum atomic E-state index is 12.2. The van der Waals surface area contributed by atoms with Crippen molar-refractivity contribution in [2.24, 2.45) is 0 Å². The third kappa shape index (κ3) is 6.99. The molecule has 2 heterocycles. The summed E-state index contributed by atoms with van der Waals surface area (Å²) >= 11 is 0. The van der Waals surface area contributed by atoms with Crippen LogP contribution in [0.5, 0.6) is 5.88 Å². The first-order valence-electron chi connectivity index (χ1n) is 9.50. The smallest absolute Gasteiger partial charge is 0.253 e. The Bertz CT molecular complexity index is 879. The minimum atomic E-state index is -0.177. The topological polar surface area (TPSA) is 64.1 Å². The summed E-state index contributed by atoms with van der Waals surface area (Å²) in [5.74, 6) is 0.881. The average molecular weight is 408 g/mol. The minimum absolute atomic E-state index is 0. The van der Waals surface area contributed by atoms with Crippen molar-refractivity contribution < 1.29 is 9.53 Å². The Labute approximate surface area is 180 Å².